The lowest BCUT2D eigenvalue weighted by molar-refractivity contribution is 0.112. The van der Waals surface area contributed by atoms with Gasteiger partial charge < -0.3 is 0 Å². The number of benzene rings is 1. The number of rotatable bonds is 1. The molecular formula is C12H13ClO. The summed E-state index contributed by atoms with van der Waals surface area (Å²) < 4.78 is 0. The fourth-order valence-corrected chi connectivity index (χ4v) is 2.69. The Bertz CT molecular complexity index is 408. The standard InChI is InChI=1S/C12H13ClO/c1-7-8(2)11(6-14)12(13)10-5-3-4-9(7)10/h6H,3-5H2,1-2H3. The van der Waals surface area contributed by atoms with Crippen LogP contribution in [0.5, 0.6) is 0 Å². The van der Waals surface area contributed by atoms with Crippen LogP contribution in [0, 0.1) is 13.8 Å². The first-order valence-corrected chi connectivity index (χ1v) is 5.30. The van der Waals surface area contributed by atoms with E-state index in [1.807, 2.05) is 6.92 Å². The van der Waals surface area contributed by atoms with Crippen molar-refractivity contribution < 1.29 is 4.79 Å². The molecule has 74 valence electrons. The molecule has 0 saturated heterocycles. The van der Waals surface area contributed by atoms with Gasteiger partial charge in [-0.25, -0.2) is 0 Å². The van der Waals surface area contributed by atoms with E-state index in [1.165, 1.54) is 16.7 Å². The highest BCUT2D eigenvalue weighted by molar-refractivity contribution is 6.34. The molecule has 0 saturated carbocycles. The molecule has 1 aliphatic carbocycles. The second-order valence-electron chi connectivity index (χ2n) is 3.91. The summed E-state index contributed by atoms with van der Waals surface area (Å²) in [5, 5.41) is 0.690. The average Bonchev–Trinajstić information content (AvgIpc) is 2.64. The average molecular weight is 209 g/mol. The third-order valence-corrected chi connectivity index (χ3v) is 3.69. The molecule has 1 aromatic carbocycles. The normalized spacial score (nSPS) is 14.2. The van der Waals surface area contributed by atoms with Crippen molar-refractivity contribution in [1.29, 1.82) is 0 Å². The highest BCUT2D eigenvalue weighted by atomic mass is 35.5. The number of carbonyl (C=O) groups excluding carboxylic acids is 1. The van der Waals surface area contributed by atoms with Crippen LogP contribution in [0.2, 0.25) is 5.02 Å². The molecule has 0 radical (unpaired) electrons. The fourth-order valence-electron chi connectivity index (χ4n) is 2.30. The van der Waals surface area contributed by atoms with E-state index in [-0.39, 0.29) is 0 Å². The molecule has 0 spiro atoms. The molecule has 0 bridgehead atoms. The molecule has 0 N–H and O–H groups in total. The Hall–Kier alpha value is -0.820. The molecule has 0 fully saturated rings. The van der Waals surface area contributed by atoms with E-state index in [0.29, 0.717) is 10.6 Å². The Kier molecular flexibility index (Phi) is 2.36. The Morgan fingerprint density at radius 3 is 2.43 bits per heavy atom. The van der Waals surface area contributed by atoms with Crippen molar-refractivity contribution in [2.24, 2.45) is 0 Å². The Morgan fingerprint density at radius 2 is 1.79 bits per heavy atom. The SMILES string of the molecule is Cc1c(C)c2c(c(Cl)c1C=O)CCC2. The van der Waals surface area contributed by atoms with Crippen LogP contribution < -0.4 is 0 Å². The molecule has 1 nitrogen and oxygen atoms in total. The third-order valence-electron chi connectivity index (χ3n) is 3.26. The van der Waals surface area contributed by atoms with Gasteiger partial charge in [0.15, 0.2) is 6.29 Å². The third kappa shape index (κ3) is 1.19. The minimum Gasteiger partial charge on any atom is -0.298 e. The summed E-state index contributed by atoms with van der Waals surface area (Å²) in [6.07, 6.45) is 4.18. The second kappa shape index (κ2) is 3.39. The molecule has 0 amide bonds. The van der Waals surface area contributed by atoms with E-state index in [9.17, 15) is 4.79 Å². The lowest BCUT2D eigenvalue weighted by Crippen LogP contribution is -1.99. The van der Waals surface area contributed by atoms with Gasteiger partial charge in [0.1, 0.15) is 0 Å². The Morgan fingerprint density at radius 1 is 1.14 bits per heavy atom. The number of fused-ring (bicyclic) bond motifs is 1. The molecule has 1 aliphatic rings. The predicted molar refractivity (Wildman–Crippen MR) is 58.3 cm³/mol. The number of hydrogen-bond acceptors (Lipinski definition) is 1. The minimum atomic E-state index is 0.685. The fraction of sp³-hybridized carbons (Fsp3) is 0.417. The summed E-state index contributed by atoms with van der Waals surface area (Å²) >= 11 is 6.20. The molecule has 2 rings (SSSR count). The first kappa shape index (κ1) is 9.72. The largest absolute Gasteiger partial charge is 0.298 e. The lowest BCUT2D eigenvalue weighted by atomic mass is 9.95. The van der Waals surface area contributed by atoms with E-state index >= 15 is 0 Å². The Labute approximate surface area is 89.1 Å². The zero-order valence-corrected chi connectivity index (χ0v) is 9.24. The van der Waals surface area contributed by atoms with E-state index in [2.05, 4.69) is 6.92 Å². The van der Waals surface area contributed by atoms with E-state index in [4.69, 9.17) is 11.6 Å². The minimum absolute atomic E-state index is 0.685. The smallest absolute Gasteiger partial charge is 0.151 e. The van der Waals surface area contributed by atoms with Gasteiger partial charge in [-0.05, 0) is 55.4 Å². The summed E-state index contributed by atoms with van der Waals surface area (Å²) in [5.74, 6) is 0. The molecule has 0 aliphatic heterocycles. The van der Waals surface area contributed by atoms with Crippen LogP contribution in [0.3, 0.4) is 0 Å². The molecule has 0 atom stereocenters. The maximum Gasteiger partial charge on any atom is 0.151 e. The summed E-state index contributed by atoms with van der Waals surface area (Å²) in [6.45, 7) is 4.06. The quantitative estimate of drug-likeness (QED) is 0.648. The van der Waals surface area contributed by atoms with Crippen molar-refractivity contribution in [3.8, 4) is 0 Å². The summed E-state index contributed by atoms with van der Waals surface area (Å²) in [5.41, 5.74) is 5.56. The zero-order chi connectivity index (χ0) is 10.3. The first-order chi connectivity index (χ1) is 6.66. The van der Waals surface area contributed by atoms with Gasteiger partial charge >= 0.3 is 0 Å². The van der Waals surface area contributed by atoms with Crippen molar-refractivity contribution in [3.05, 3.63) is 32.8 Å². The first-order valence-electron chi connectivity index (χ1n) is 4.92. The Balaban J connectivity index is 2.79. The van der Waals surface area contributed by atoms with Crippen LogP contribution >= 0.6 is 11.6 Å². The van der Waals surface area contributed by atoms with Gasteiger partial charge in [0.05, 0.1) is 5.02 Å². The topological polar surface area (TPSA) is 17.1 Å². The zero-order valence-electron chi connectivity index (χ0n) is 8.48. The number of aldehydes is 1. The van der Waals surface area contributed by atoms with Crippen molar-refractivity contribution in [1.82, 2.24) is 0 Å². The van der Waals surface area contributed by atoms with Gasteiger partial charge in [0.2, 0.25) is 0 Å². The molecule has 0 unspecified atom stereocenters. The van der Waals surface area contributed by atoms with Gasteiger partial charge in [0, 0.05) is 5.56 Å². The van der Waals surface area contributed by atoms with Crippen molar-refractivity contribution >= 4 is 17.9 Å². The van der Waals surface area contributed by atoms with Crippen LogP contribution in [0.1, 0.15) is 39.0 Å². The van der Waals surface area contributed by atoms with Gasteiger partial charge in [0.25, 0.3) is 0 Å². The number of carbonyl (C=O) groups is 1. The van der Waals surface area contributed by atoms with Crippen molar-refractivity contribution in [3.63, 3.8) is 0 Å². The van der Waals surface area contributed by atoms with E-state index in [0.717, 1.165) is 31.1 Å². The molecular weight excluding hydrogens is 196 g/mol. The van der Waals surface area contributed by atoms with Crippen LogP contribution in [0.4, 0.5) is 0 Å². The second-order valence-corrected chi connectivity index (χ2v) is 4.28. The summed E-state index contributed by atoms with van der Waals surface area (Å²) in [7, 11) is 0. The lowest BCUT2D eigenvalue weighted by Gasteiger charge is -2.12. The van der Waals surface area contributed by atoms with E-state index in [1.54, 1.807) is 0 Å². The maximum atomic E-state index is 10.9. The molecule has 2 heteroatoms. The van der Waals surface area contributed by atoms with E-state index < -0.39 is 0 Å². The monoisotopic (exact) mass is 208 g/mol. The van der Waals surface area contributed by atoms with Gasteiger partial charge in [-0.3, -0.25) is 4.79 Å². The molecule has 1 aromatic rings. The summed E-state index contributed by atoms with van der Waals surface area (Å²) in [4.78, 5) is 10.9. The van der Waals surface area contributed by atoms with Gasteiger partial charge in [-0.2, -0.15) is 0 Å². The van der Waals surface area contributed by atoms with Crippen molar-refractivity contribution in [2.45, 2.75) is 33.1 Å². The van der Waals surface area contributed by atoms with Gasteiger partial charge in [-0.1, -0.05) is 11.6 Å². The van der Waals surface area contributed by atoms with Crippen LogP contribution in [-0.4, -0.2) is 6.29 Å². The molecule has 14 heavy (non-hydrogen) atoms. The number of halogens is 1. The van der Waals surface area contributed by atoms with Crippen molar-refractivity contribution in [2.75, 3.05) is 0 Å². The number of hydrogen-bond donors (Lipinski definition) is 0. The van der Waals surface area contributed by atoms with Crippen LogP contribution in [-0.2, 0) is 12.8 Å². The predicted octanol–water partition coefficient (Wildman–Crippen LogP) is 3.26. The molecule has 0 heterocycles. The summed E-state index contributed by atoms with van der Waals surface area (Å²) in [6, 6.07) is 0. The maximum absolute atomic E-state index is 10.9. The van der Waals surface area contributed by atoms with Crippen LogP contribution in [0.15, 0.2) is 0 Å². The molecule has 0 aromatic heterocycles. The van der Waals surface area contributed by atoms with Crippen LogP contribution in [0.25, 0.3) is 0 Å². The van der Waals surface area contributed by atoms with Gasteiger partial charge in [-0.15, -0.1) is 0 Å². The highest BCUT2D eigenvalue weighted by Crippen LogP contribution is 2.35. The highest BCUT2D eigenvalue weighted by Gasteiger charge is 2.21.